The zero-order chi connectivity index (χ0) is 13.2. The highest BCUT2D eigenvalue weighted by atomic mass is 35.5. The van der Waals surface area contributed by atoms with Crippen molar-refractivity contribution in [3.63, 3.8) is 0 Å². The lowest BCUT2D eigenvalue weighted by molar-refractivity contribution is 0.582. The van der Waals surface area contributed by atoms with Crippen LogP contribution in [0.2, 0.25) is 10.0 Å². The minimum absolute atomic E-state index is 0.639. The minimum Gasteiger partial charge on any atom is -0.330 e. The number of nitrogens with two attached hydrogens (primary N) is 1. The molecule has 0 radical (unpaired) electrons. The van der Waals surface area contributed by atoms with E-state index < -0.39 is 0 Å². The molecule has 0 fully saturated rings. The van der Waals surface area contributed by atoms with E-state index in [4.69, 9.17) is 28.9 Å². The van der Waals surface area contributed by atoms with Gasteiger partial charge in [0.25, 0.3) is 0 Å². The SMILES string of the molecule is NCCCCCCCCCc1ccc(Cl)c(Cl)c1. The monoisotopic (exact) mass is 287 g/mol. The van der Waals surface area contributed by atoms with E-state index in [1.54, 1.807) is 0 Å². The van der Waals surface area contributed by atoms with Crippen LogP contribution in [-0.4, -0.2) is 6.54 Å². The van der Waals surface area contributed by atoms with Crippen LogP contribution < -0.4 is 5.73 Å². The first-order valence-electron chi connectivity index (χ1n) is 6.88. The van der Waals surface area contributed by atoms with Crippen LogP contribution in [0, 0.1) is 0 Å². The summed E-state index contributed by atoms with van der Waals surface area (Å²) in [6.07, 6.45) is 10.1. The van der Waals surface area contributed by atoms with Gasteiger partial charge in [-0.1, -0.05) is 61.4 Å². The molecule has 0 aliphatic heterocycles. The number of hydrogen-bond acceptors (Lipinski definition) is 1. The standard InChI is InChI=1S/C15H23Cl2N/c16-14-10-9-13(12-15(14)17)8-6-4-2-1-3-5-7-11-18/h9-10,12H,1-8,11,18H2. The third kappa shape index (κ3) is 6.63. The largest absolute Gasteiger partial charge is 0.330 e. The van der Waals surface area contributed by atoms with Crippen molar-refractivity contribution in [1.29, 1.82) is 0 Å². The first-order valence-corrected chi connectivity index (χ1v) is 7.63. The molecule has 0 unspecified atom stereocenters. The van der Waals surface area contributed by atoms with Crippen LogP contribution in [0.15, 0.2) is 18.2 Å². The molecule has 1 aromatic rings. The van der Waals surface area contributed by atoms with Crippen molar-refractivity contribution in [3.05, 3.63) is 33.8 Å². The fraction of sp³-hybridized carbons (Fsp3) is 0.600. The molecule has 0 aliphatic rings. The number of unbranched alkanes of at least 4 members (excludes halogenated alkanes) is 6. The summed E-state index contributed by atoms with van der Waals surface area (Å²) >= 11 is 11.9. The number of hydrogen-bond donors (Lipinski definition) is 1. The van der Waals surface area contributed by atoms with Crippen LogP contribution in [0.1, 0.15) is 50.5 Å². The van der Waals surface area contributed by atoms with Gasteiger partial charge in [-0.3, -0.25) is 0 Å². The smallest absolute Gasteiger partial charge is 0.0595 e. The minimum atomic E-state index is 0.639. The maximum Gasteiger partial charge on any atom is 0.0595 e. The Morgan fingerprint density at radius 2 is 1.39 bits per heavy atom. The van der Waals surface area contributed by atoms with Crippen molar-refractivity contribution in [2.45, 2.75) is 51.4 Å². The second kappa shape index (κ2) is 9.66. The zero-order valence-corrected chi connectivity index (χ0v) is 12.4. The van der Waals surface area contributed by atoms with E-state index in [1.807, 2.05) is 12.1 Å². The number of benzene rings is 1. The summed E-state index contributed by atoms with van der Waals surface area (Å²) in [5.41, 5.74) is 6.74. The van der Waals surface area contributed by atoms with Crippen molar-refractivity contribution in [3.8, 4) is 0 Å². The lowest BCUT2D eigenvalue weighted by Gasteiger charge is -2.04. The summed E-state index contributed by atoms with van der Waals surface area (Å²) in [5, 5.41) is 1.30. The molecule has 1 nitrogen and oxygen atoms in total. The van der Waals surface area contributed by atoms with Gasteiger partial charge in [0, 0.05) is 0 Å². The van der Waals surface area contributed by atoms with Crippen LogP contribution in [0.4, 0.5) is 0 Å². The number of halogens is 2. The topological polar surface area (TPSA) is 26.0 Å². The van der Waals surface area contributed by atoms with Gasteiger partial charge in [-0.25, -0.2) is 0 Å². The fourth-order valence-electron chi connectivity index (χ4n) is 2.05. The van der Waals surface area contributed by atoms with Crippen molar-refractivity contribution < 1.29 is 0 Å². The van der Waals surface area contributed by atoms with E-state index in [-0.39, 0.29) is 0 Å². The Hall–Kier alpha value is -0.240. The van der Waals surface area contributed by atoms with Crippen LogP contribution in [0.5, 0.6) is 0 Å². The first-order chi connectivity index (χ1) is 8.74. The number of aryl methyl sites for hydroxylation is 1. The Morgan fingerprint density at radius 3 is 2.00 bits per heavy atom. The number of rotatable bonds is 9. The first kappa shape index (κ1) is 15.8. The molecular weight excluding hydrogens is 265 g/mol. The van der Waals surface area contributed by atoms with Gasteiger partial charge in [0.15, 0.2) is 0 Å². The van der Waals surface area contributed by atoms with Gasteiger partial charge < -0.3 is 5.73 Å². The maximum absolute atomic E-state index is 5.98. The predicted octanol–water partition coefficient (Wildman–Crippen LogP) is 5.23. The third-order valence-corrected chi connectivity index (χ3v) is 3.89. The molecule has 0 aliphatic carbocycles. The lowest BCUT2D eigenvalue weighted by Crippen LogP contribution is -1.97. The van der Waals surface area contributed by atoms with Gasteiger partial charge >= 0.3 is 0 Å². The second-order valence-corrected chi connectivity index (χ2v) is 5.58. The van der Waals surface area contributed by atoms with Gasteiger partial charge in [-0.05, 0) is 43.5 Å². The molecule has 102 valence electrons. The Labute approximate surface area is 121 Å². The highest BCUT2D eigenvalue weighted by Crippen LogP contribution is 2.23. The van der Waals surface area contributed by atoms with E-state index >= 15 is 0 Å². The van der Waals surface area contributed by atoms with E-state index in [1.165, 1.54) is 50.5 Å². The lowest BCUT2D eigenvalue weighted by atomic mass is 10.0. The summed E-state index contributed by atoms with van der Waals surface area (Å²) < 4.78 is 0. The summed E-state index contributed by atoms with van der Waals surface area (Å²) in [6, 6.07) is 5.92. The maximum atomic E-state index is 5.98. The Kier molecular flexibility index (Phi) is 8.49. The molecule has 0 saturated carbocycles. The molecule has 1 aromatic carbocycles. The van der Waals surface area contributed by atoms with E-state index in [2.05, 4.69) is 6.07 Å². The molecule has 0 spiro atoms. The molecule has 2 N–H and O–H groups in total. The van der Waals surface area contributed by atoms with Gasteiger partial charge in [0.05, 0.1) is 10.0 Å². The second-order valence-electron chi connectivity index (χ2n) is 4.76. The molecule has 0 saturated heterocycles. The third-order valence-electron chi connectivity index (χ3n) is 3.15. The van der Waals surface area contributed by atoms with Crippen LogP contribution in [0.25, 0.3) is 0 Å². The van der Waals surface area contributed by atoms with E-state index in [0.29, 0.717) is 10.0 Å². The van der Waals surface area contributed by atoms with E-state index in [9.17, 15) is 0 Å². The summed E-state index contributed by atoms with van der Waals surface area (Å²) in [4.78, 5) is 0. The zero-order valence-electron chi connectivity index (χ0n) is 10.9. The van der Waals surface area contributed by atoms with Gasteiger partial charge in [-0.15, -0.1) is 0 Å². The molecular formula is C15H23Cl2N. The van der Waals surface area contributed by atoms with Crippen LogP contribution in [0.3, 0.4) is 0 Å². The molecule has 0 aromatic heterocycles. The van der Waals surface area contributed by atoms with Crippen LogP contribution >= 0.6 is 23.2 Å². The molecule has 0 atom stereocenters. The van der Waals surface area contributed by atoms with Gasteiger partial charge in [0.1, 0.15) is 0 Å². The quantitative estimate of drug-likeness (QED) is 0.619. The van der Waals surface area contributed by atoms with Gasteiger partial charge in [0.2, 0.25) is 0 Å². The molecule has 0 amide bonds. The van der Waals surface area contributed by atoms with E-state index in [0.717, 1.165) is 13.0 Å². The van der Waals surface area contributed by atoms with Crippen molar-refractivity contribution >= 4 is 23.2 Å². The van der Waals surface area contributed by atoms with Crippen molar-refractivity contribution in [1.82, 2.24) is 0 Å². The molecule has 0 heterocycles. The summed E-state index contributed by atoms with van der Waals surface area (Å²) in [5.74, 6) is 0. The predicted molar refractivity (Wildman–Crippen MR) is 81.5 cm³/mol. The Bertz CT molecular complexity index is 339. The molecule has 0 bridgehead atoms. The van der Waals surface area contributed by atoms with Crippen LogP contribution in [-0.2, 0) is 6.42 Å². The Balaban J connectivity index is 2.05. The Morgan fingerprint density at radius 1 is 0.778 bits per heavy atom. The fourth-order valence-corrected chi connectivity index (χ4v) is 2.37. The van der Waals surface area contributed by atoms with Crippen molar-refractivity contribution in [2.24, 2.45) is 5.73 Å². The highest BCUT2D eigenvalue weighted by Gasteiger charge is 1.99. The average Bonchev–Trinajstić information content (AvgIpc) is 2.37. The molecule has 18 heavy (non-hydrogen) atoms. The summed E-state index contributed by atoms with van der Waals surface area (Å²) in [6.45, 7) is 0.831. The highest BCUT2D eigenvalue weighted by molar-refractivity contribution is 6.42. The normalized spacial score (nSPS) is 10.8. The summed E-state index contributed by atoms with van der Waals surface area (Å²) in [7, 11) is 0. The van der Waals surface area contributed by atoms with Crippen molar-refractivity contribution in [2.75, 3.05) is 6.54 Å². The average molecular weight is 288 g/mol. The van der Waals surface area contributed by atoms with Gasteiger partial charge in [-0.2, -0.15) is 0 Å². The molecule has 3 heteroatoms. The molecule has 1 rings (SSSR count).